The highest BCUT2D eigenvalue weighted by molar-refractivity contribution is 7.14. The minimum Gasteiger partial charge on any atom is -0.497 e. The quantitative estimate of drug-likeness (QED) is 0.631. The molecule has 8 heteroatoms. The maximum Gasteiger partial charge on any atom is 0.264 e. The summed E-state index contributed by atoms with van der Waals surface area (Å²) in [6.07, 6.45) is 4.18. The number of carbonyl (C=O) groups is 1. The highest BCUT2D eigenvalue weighted by Crippen LogP contribution is 2.32. The summed E-state index contributed by atoms with van der Waals surface area (Å²) < 4.78 is 16.6. The van der Waals surface area contributed by atoms with Gasteiger partial charge in [0.2, 0.25) is 5.82 Å². The summed E-state index contributed by atoms with van der Waals surface area (Å²) in [6, 6.07) is 9.57. The molecule has 1 aliphatic carbocycles. The average molecular weight is 426 g/mol. The summed E-state index contributed by atoms with van der Waals surface area (Å²) in [5.41, 5.74) is 2.15. The van der Waals surface area contributed by atoms with Crippen molar-refractivity contribution in [2.45, 2.75) is 31.8 Å². The van der Waals surface area contributed by atoms with E-state index in [1.54, 1.807) is 18.4 Å². The molecule has 1 aliphatic heterocycles. The second-order valence-corrected chi connectivity index (χ2v) is 8.70. The summed E-state index contributed by atoms with van der Waals surface area (Å²) in [5, 5.41) is 4.09. The van der Waals surface area contributed by atoms with E-state index in [1.807, 2.05) is 29.2 Å². The van der Waals surface area contributed by atoms with Crippen molar-refractivity contribution in [2.24, 2.45) is 0 Å². The number of hydrogen-bond donors (Lipinski definition) is 0. The van der Waals surface area contributed by atoms with Crippen LogP contribution in [0.1, 0.15) is 44.9 Å². The number of benzene rings is 1. The SMILES string of the molecule is COc1cccc(-c2noc([C@@H]3CN(C(=O)c4cc5c(s4)CCCC5)CCO3)n2)c1. The van der Waals surface area contributed by atoms with Gasteiger partial charge in [-0.05, 0) is 49.4 Å². The standard InChI is InChI=1S/C22H23N3O4S/c1-27-16-7-4-6-15(11-16)20-23-21(29-24-20)17-13-25(9-10-28-17)22(26)19-12-14-5-2-3-8-18(14)30-19/h4,6-7,11-12,17H,2-3,5,8-10,13H2,1H3/t17-/m0/s1. The summed E-state index contributed by atoms with van der Waals surface area (Å²) in [7, 11) is 1.62. The molecule has 0 unspecified atom stereocenters. The van der Waals surface area contributed by atoms with Gasteiger partial charge in [-0.25, -0.2) is 0 Å². The lowest BCUT2D eigenvalue weighted by Crippen LogP contribution is -2.42. The van der Waals surface area contributed by atoms with Gasteiger partial charge in [-0.1, -0.05) is 17.3 Å². The zero-order chi connectivity index (χ0) is 20.5. The van der Waals surface area contributed by atoms with Crippen molar-refractivity contribution in [2.75, 3.05) is 26.8 Å². The zero-order valence-corrected chi connectivity index (χ0v) is 17.6. The third-order valence-electron chi connectivity index (χ3n) is 5.61. The van der Waals surface area contributed by atoms with Crippen molar-refractivity contribution >= 4 is 17.2 Å². The van der Waals surface area contributed by atoms with Gasteiger partial charge in [-0.15, -0.1) is 11.3 Å². The topological polar surface area (TPSA) is 77.7 Å². The maximum atomic E-state index is 13.1. The van der Waals surface area contributed by atoms with Gasteiger partial charge in [0, 0.05) is 17.0 Å². The number of aryl methyl sites for hydroxylation is 2. The number of hydrogen-bond acceptors (Lipinski definition) is 7. The highest BCUT2D eigenvalue weighted by atomic mass is 32.1. The molecule has 1 fully saturated rings. The van der Waals surface area contributed by atoms with Crippen LogP contribution >= 0.6 is 11.3 Å². The van der Waals surface area contributed by atoms with Crippen molar-refractivity contribution in [3.05, 3.63) is 51.5 Å². The zero-order valence-electron chi connectivity index (χ0n) is 16.8. The number of rotatable bonds is 4. The Morgan fingerprint density at radius 3 is 3.03 bits per heavy atom. The molecule has 0 spiro atoms. The molecular weight excluding hydrogens is 402 g/mol. The van der Waals surface area contributed by atoms with E-state index < -0.39 is 6.10 Å². The van der Waals surface area contributed by atoms with Crippen molar-refractivity contribution in [3.8, 4) is 17.1 Å². The molecule has 0 radical (unpaired) electrons. The molecule has 30 heavy (non-hydrogen) atoms. The van der Waals surface area contributed by atoms with Crippen LogP contribution in [0.15, 0.2) is 34.9 Å². The first-order chi connectivity index (χ1) is 14.7. The van der Waals surface area contributed by atoms with Crippen molar-refractivity contribution in [3.63, 3.8) is 0 Å². The molecule has 3 heterocycles. The van der Waals surface area contributed by atoms with Crippen LogP contribution in [0.25, 0.3) is 11.4 Å². The van der Waals surface area contributed by atoms with E-state index in [1.165, 1.54) is 23.3 Å². The summed E-state index contributed by atoms with van der Waals surface area (Å²) >= 11 is 1.64. The van der Waals surface area contributed by atoms with Gasteiger partial charge in [0.05, 0.1) is 25.1 Å². The predicted octanol–water partition coefficient (Wildman–Crippen LogP) is 3.90. The van der Waals surface area contributed by atoms with Gasteiger partial charge in [-0.2, -0.15) is 4.98 Å². The Morgan fingerprint density at radius 1 is 1.27 bits per heavy atom. The average Bonchev–Trinajstić information content (AvgIpc) is 3.46. The molecule has 7 nitrogen and oxygen atoms in total. The molecular formula is C22H23N3O4S. The minimum absolute atomic E-state index is 0.0650. The first-order valence-electron chi connectivity index (χ1n) is 10.2. The lowest BCUT2D eigenvalue weighted by Gasteiger charge is -2.30. The van der Waals surface area contributed by atoms with Crippen LogP contribution < -0.4 is 4.74 Å². The Balaban J connectivity index is 1.31. The van der Waals surface area contributed by atoms with Crippen LogP contribution in [-0.4, -0.2) is 47.8 Å². The Hall–Kier alpha value is -2.71. The lowest BCUT2D eigenvalue weighted by molar-refractivity contribution is -0.0365. The maximum absolute atomic E-state index is 13.1. The van der Waals surface area contributed by atoms with Gasteiger partial charge in [-0.3, -0.25) is 4.79 Å². The molecule has 0 N–H and O–H groups in total. The first-order valence-corrected chi connectivity index (χ1v) is 11.0. The Bertz CT molecular complexity index is 1040. The van der Waals surface area contributed by atoms with Crippen molar-refractivity contribution in [1.29, 1.82) is 0 Å². The molecule has 1 atom stereocenters. The van der Waals surface area contributed by atoms with Crippen molar-refractivity contribution in [1.82, 2.24) is 15.0 Å². The molecule has 2 aliphatic rings. The van der Waals surface area contributed by atoms with Crippen LogP contribution in [0.2, 0.25) is 0 Å². The fourth-order valence-electron chi connectivity index (χ4n) is 3.98. The summed E-state index contributed by atoms with van der Waals surface area (Å²) in [5.74, 6) is 1.65. The van der Waals surface area contributed by atoms with Crippen LogP contribution in [0, 0.1) is 0 Å². The highest BCUT2D eigenvalue weighted by Gasteiger charge is 2.31. The number of nitrogens with zero attached hydrogens (tertiary/aromatic N) is 3. The van der Waals surface area contributed by atoms with Crippen LogP contribution in [0.3, 0.4) is 0 Å². The molecule has 1 amide bonds. The van der Waals surface area contributed by atoms with Gasteiger partial charge in [0.1, 0.15) is 5.75 Å². The summed E-state index contributed by atoms with van der Waals surface area (Å²) in [4.78, 5) is 21.6. The monoisotopic (exact) mass is 425 g/mol. The van der Waals surface area contributed by atoms with Crippen LogP contribution in [0.5, 0.6) is 5.75 Å². The van der Waals surface area contributed by atoms with E-state index in [-0.39, 0.29) is 5.91 Å². The smallest absolute Gasteiger partial charge is 0.264 e. The van der Waals surface area contributed by atoms with E-state index >= 15 is 0 Å². The van der Waals surface area contributed by atoms with E-state index in [0.717, 1.165) is 29.0 Å². The fourth-order valence-corrected chi connectivity index (χ4v) is 5.20. The van der Waals surface area contributed by atoms with Crippen LogP contribution in [-0.2, 0) is 17.6 Å². The lowest BCUT2D eigenvalue weighted by atomic mass is 9.99. The second kappa shape index (κ2) is 8.20. The largest absolute Gasteiger partial charge is 0.497 e. The normalized spacial score (nSPS) is 18.8. The van der Waals surface area contributed by atoms with Crippen LogP contribution in [0.4, 0.5) is 0 Å². The van der Waals surface area contributed by atoms with E-state index in [4.69, 9.17) is 14.0 Å². The molecule has 3 aromatic rings. The molecule has 2 aromatic heterocycles. The number of amides is 1. The number of carbonyl (C=O) groups excluding carboxylic acids is 1. The number of fused-ring (bicyclic) bond motifs is 1. The Labute approximate surface area is 178 Å². The van der Waals surface area contributed by atoms with E-state index in [9.17, 15) is 4.79 Å². The molecule has 0 bridgehead atoms. The molecule has 1 saturated heterocycles. The molecule has 0 saturated carbocycles. The summed E-state index contributed by atoms with van der Waals surface area (Å²) in [6.45, 7) is 1.41. The molecule has 5 rings (SSSR count). The Kier molecular flexibility index (Phi) is 5.26. The van der Waals surface area contributed by atoms with E-state index in [0.29, 0.717) is 31.4 Å². The Morgan fingerprint density at radius 2 is 2.17 bits per heavy atom. The minimum atomic E-state index is -0.427. The fraction of sp³-hybridized carbons (Fsp3) is 0.409. The van der Waals surface area contributed by atoms with Gasteiger partial charge in [0.15, 0.2) is 6.10 Å². The third-order valence-corrected chi connectivity index (χ3v) is 6.83. The second-order valence-electron chi connectivity index (χ2n) is 7.56. The van der Waals surface area contributed by atoms with Gasteiger partial charge >= 0.3 is 0 Å². The number of aromatic nitrogens is 2. The third kappa shape index (κ3) is 3.73. The predicted molar refractivity (Wildman–Crippen MR) is 112 cm³/mol. The van der Waals surface area contributed by atoms with Gasteiger partial charge < -0.3 is 18.9 Å². The van der Waals surface area contributed by atoms with Gasteiger partial charge in [0.25, 0.3) is 11.8 Å². The molecule has 156 valence electrons. The number of thiophene rings is 1. The first kappa shape index (κ1) is 19.3. The molecule has 1 aromatic carbocycles. The number of methoxy groups -OCH3 is 1. The van der Waals surface area contributed by atoms with Crippen molar-refractivity contribution < 1.29 is 18.8 Å². The number of morpholine rings is 1. The van der Waals surface area contributed by atoms with E-state index in [2.05, 4.69) is 16.2 Å². The number of ether oxygens (including phenoxy) is 2.